The molecule has 1 aliphatic heterocycles. The predicted octanol–water partition coefficient (Wildman–Crippen LogP) is 3.30. The Kier molecular flexibility index (Phi) is 7.03. The number of aliphatic hydroxyl groups excluding tert-OH is 1. The molecule has 1 atom stereocenters. The first-order valence-corrected chi connectivity index (χ1v) is 11.9. The first-order chi connectivity index (χ1) is 16.7. The summed E-state index contributed by atoms with van der Waals surface area (Å²) in [4.78, 5) is 15.8. The molecule has 3 heterocycles. The van der Waals surface area contributed by atoms with E-state index in [1.54, 1.807) is 18.6 Å². The van der Waals surface area contributed by atoms with Crippen LogP contribution >= 0.6 is 0 Å². The molecule has 0 radical (unpaired) electrons. The van der Waals surface area contributed by atoms with Crippen molar-refractivity contribution in [2.75, 3.05) is 43.6 Å². The predicted molar refractivity (Wildman–Crippen MR) is 129 cm³/mol. The third-order valence-electron chi connectivity index (χ3n) is 6.51. The highest BCUT2D eigenvalue weighted by Crippen LogP contribution is 2.33. The van der Waals surface area contributed by atoms with Gasteiger partial charge in [-0.05, 0) is 43.9 Å². The van der Waals surface area contributed by atoms with Crippen molar-refractivity contribution >= 4 is 22.5 Å². The van der Waals surface area contributed by atoms with Crippen molar-refractivity contribution in [3.8, 4) is 5.75 Å². The zero-order valence-corrected chi connectivity index (χ0v) is 19.4. The highest BCUT2D eigenvalue weighted by molar-refractivity contribution is 5.85. The Morgan fingerprint density at radius 3 is 2.59 bits per heavy atom. The summed E-state index contributed by atoms with van der Waals surface area (Å²) >= 11 is 0. The number of hydrogen-bond donors (Lipinski definition) is 2. The zero-order chi connectivity index (χ0) is 23.3. The van der Waals surface area contributed by atoms with Gasteiger partial charge in [-0.15, -0.1) is 0 Å². The molecule has 1 unspecified atom stereocenters. The van der Waals surface area contributed by atoms with Crippen LogP contribution in [0.4, 0.5) is 11.5 Å². The molecule has 1 aliphatic carbocycles. The van der Waals surface area contributed by atoms with E-state index in [1.165, 1.54) is 7.11 Å². The number of hydrogen-bond acceptors (Lipinski definition) is 9. The maximum absolute atomic E-state index is 9.74. The number of aliphatic hydroxyl groups is 1. The van der Waals surface area contributed by atoms with Crippen molar-refractivity contribution in [3.05, 3.63) is 48.4 Å². The van der Waals surface area contributed by atoms with Gasteiger partial charge in [0.15, 0.2) is 6.29 Å². The summed E-state index contributed by atoms with van der Waals surface area (Å²) in [5, 5.41) is 13.2. The van der Waals surface area contributed by atoms with E-state index in [1.807, 2.05) is 12.1 Å². The molecule has 0 amide bonds. The Bertz CT molecular complexity index is 1080. The van der Waals surface area contributed by atoms with Gasteiger partial charge in [0.2, 0.25) is 0 Å². The van der Waals surface area contributed by atoms with Crippen LogP contribution in [-0.2, 0) is 9.47 Å². The Balaban J connectivity index is 1.22. The second kappa shape index (κ2) is 10.5. The Morgan fingerprint density at radius 1 is 1.06 bits per heavy atom. The maximum Gasteiger partial charge on any atom is 0.182 e. The number of rotatable bonds is 7. The summed E-state index contributed by atoms with van der Waals surface area (Å²) in [7, 11) is 1.46. The van der Waals surface area contributed by atoms with E-state index < -0.39 is 6.29 Å². The van der Waals surface area contributed by atoms with Crippen LogP contribution in [0.15, 0.2) is 42.9 Å². The molecule has 2 N–H and O–H groups in total. The minimum Gasteiger partial charge on any atom is -0.488 e. The van der Waals surface area contributed by atoms with Crippen LogP contribution in [0, 0.1) is 0 Å². The maximum atomic E-state index is 9.74. The van der Waals surface area contributed by atoms with E-state index in [-0.39, 0.29) is 6.10 Å². The standard InChI is InChI=1S/C25H31N5O4/c1-32-25(31)17-2-7-23(28-16-17)29-18-3-5-20(6-4-18)34-22-15-19(30-10-12-33-13-11-30)14-21-24(22)27-9-8-26-21/h2,7-9,14-16,18,20,25,31H,3-6,10-13H2,1H3,(H,28,29). The van der Waals surface area contributed by atoms with Crippen LogP contribution in [0.1, 0.15) is 37.5 Å². The minimum atomic E-state index is -0.948. The molecule has 1 saturated carbocycles. The van der Waals surface area contributed by atoms with E-state index >= 15 is 0 Å². The lowest BCUT2D eigenvalue weighted by atomic mass is 9.93. The lowest BCUT2D eigenvalue weighted by Gasteiger charge is -2.31. The van der Waals surface area contributed by atoms with E-state index in [0.29, 0.717) is 11.6 Å². The number of ether oxygens (including phenoxy) is 3. The summed E-state index contributed by atoms with van der Waals surface area (Å²) in [5.74, 6) is 1.60. The highest BCUT2D eigenvalue weighted by atomic mass is 16.6. The fourth-order valence-corrected chi connectivity index (χ4v) is 4.61. The fourth-order valence-electron chi connectivity index (χ4n) is 4.61. The van der Waals surface area contributed by atoms with Gasteiger partial charge in [0, 0.05) is 62.1 Å². The second-order valence-electron chi connectivity index (χ2n) is 8.77. The molecule has 9 nitrogen and oxygen atoms in total. The van der Waals surface area contributed by atoms with Crippen LogP contribution in [0.2, 0.25) is 0 Å². The summed E-state index contributed by atoms with van der Waals surface area (Å²) < 4.78 is 16.9. The Labute approximate surface area is 199 Å². The van der Waals surface area contributed by atoms with Gasteiger partial charge in [-0.2, -0.15) is 0 Å². The van der Waals surface area contributed by atoms with Gasteiger partial charge >= 0.3 is 0 Å². The monoisotopic (exact) mass is 465 g/mol. The molecule has 3 aromatic rings. The van der Waals surface area contributed by atoms with Crippen LogP contribution in [-0.4, -0.2) is 65.6 Å². The van der Waals surface area contributed by atoms with E-state index in [0.717, 1.165) is 80.3 Å². The minimum absolute atomic E-state index is 0.135. The van der Waals surface area contributed by atoms with Gasteiger partial charge in [-0.25, -0.2) is 9.97 Å². The summed E-state index contributed by atoms with van der Waals surface area (Å²) in [6, 6.07) is 8.23. The summed E-state index contributed by atoms with van der Waals surface area (Å²) in [6.45, 7) is 3.19. The largest absolute Gasteiger partial charge is 0.488 e. The first-order valence-electron chi connectivity index (χ1n) is 11.9. The van der Waals surface area contributed by atoms with E-state index in [9.17, 15) is 5.11 Å². The average Bonchev–Trinajstić information content (AvgIpc) is 2.90. The van der Waals surface area contributed by atoms with Crippen molar-refractivity contribution in [1.29, 1.82) is 0 Å². The van der Waals surface area contributed by atoms with Gasteiger partial charge in [0.05, 0.1) is 24.8 Å². The summed E-state index contributed by atoms with van der Waals surface area (Å²) in [6.07, 6.45) is 8.13. The molecule has 1 aromatic carbocycles. The molecule has 0 bridgehead atoms. The second-order valence-corrected chi connectivity index (χ2v) is 8.77. The van der Waals surface area contributed by atoms with E-state index in [2.05, 4.69) is 37.3 Å². The van der Waals surface area contributed by atoms with Crippen molar-refractivity contribution < 1.29 is 19.3 Å². The topological polar surface area (TPSA) is 102 Å². The number of aromatic nitrogens is 3. The van der Waals surface area contributed by atoms with Gasteiger partial charge in [-0.1, -0.05) is 0 Å². The molecule has 2 aliphatic rings. The van der Waals surface area contributed by atoms with Crippen molar-refractivity contribution in [2.45, 2.75) is 44.1 Å². The molecule has 2 aromatic heterocycles. The number of nitrogens with zero attached hydrogens (tertiary/aromatic N) is 4. The quantitative estimate of drug-likeness (QED) is 0.509. The van der Waals surface area contributed by atoms with Gasteiger partial charge in [-0.3, -0.25) is 4.98 Å². The smallest absolute Gasteiger partial charge is 0.182 e. The molecule has 5 rings (SSSR count). The Hall–Kier alpha value is -3.01. The number of pyridine rings is 1. The molecule has 2 fully saturated rings. The fraction of sp³-hybridized carbons (Fsp3) is 0.480. The number of morpholine rings is 1. The third-order valence-corrected chi connectivity index (χ3v) is 6.51. The first kappa shape index (κ1) is 22.8. The molecule has 34 heavy (non-hydrogen) atoms. The molecular formula is C25H31N5O4. The SMILES string of the molecule is COC(O)c1ccc(NC2CCC(Oc3cc(N4CCOCC4)cc4nccnc34)CC2)nc1. The number of fused-ring (bicyclic) bond motifs is 1. The highest BCUT2D eigenvalue weighted by Gasteiger charge is 2.24. The van der Waals surface area contributed by atoms with Crippen LogP contribution in [0.25, 0.3) is 11.0 Å². The number of anilines is 2. The summed E-state index contributed by atoms with van der Waals surface area (Å²) in [5.41, 5.74) is 3.40. The van der Waals surface area contributed by atoms with Crippen LogP contribution in [0.3, 0.4) is 0 Å². The molecule has 180 valence electrons. The van der Waals surface area contributed by atoms with E-state index in [4.69, 9.17) is 14.2 Å². The molecule has 9 heteroatoms. The van der Waals surface area contributed by atoms with Crippen molar-refractivity contribution in [3.63, 3.8) is 0 Å². The van der Waals surface area contributed by atoms with Gasteiger partial charge < -0.3 is 29.5 Å². The van der Waals surface area contributed by atoms with Gasteiger partial charge in [0.25, 0.3) is 0 Å². The van der Waals surface area contributed by atoms with Crippen LogP contribution < -0.4 is 15.0 Å². The lowest BCUT2D eigenvalue weighted by molar-refractivity contribution is -0.0771. The molecule has 0 spiro atoms. The lowest BCUT2D eigenvalue weighted by Crippen LogP contribution is -2.36. The molecular weight excluding hydrogens is 434 g/mol. The number of nitrogens with one attached hydrogen (secondary N) is 1. The Morgan fingerprint density at radius 2 is 1.85 bits per heavy atom. The number of methoxy groups -OCH3 is 1. The van der Waals surface area contributed by atoms with Crippen LogP contribution in [0.5, 0.6) is 5.75 Å². The van der Waals surface area contributed by atoms with Crippen molar-refractivity contribution in [1.82, 2.24) is 15.0 Å². The third kappa shape index (κ3) is 5.22. The van der Waals surface area contributed by atoms with Gasteiger partial charge in [0.1, 0.15) is 17.1 Å². The van der Waals surface area contributed by atoms with Crippen molar-refractivity contribution in [2.24, 2.45) is 0 Å². The average molecular weight is 466 g/mol. The number of benzene rings is 1. The zero-order valence-electron chi connectivity index (χ0n) is 19.4. The molecule has 1 saturated heterocycles. The normalized spacial score (nSPS) is 21.9.